The Kier molecular flexibility index (Phi) is 5.48. The van der Waals surface area contributed by atoms with Gasteiger partial charge in [0.15, 0.2) is 5.16 Å². The smallest absolute Gasteiger partial charge is 0.236 e. The van der Waals surface area contributed by atoms with Gasteiger partial charge in [0.1, 0.15) is 5.82 Å². The van der Waals surface area contributed by atoms with E-state index in [-0.39, 0.29) is 11.2 Å². The van der Waals surface area contributed by atoms with Gasteiger partial charge in [-0.2, -0.15) is 0 Å². The van der Waals surface area contributed by atoms with Gasteiger partial charge in [0.25, 0.3) is 0 Å². The molecule has 0 radical (unpaired) electrons. The molecule has 0 bridgehead atoms. The summed E-state index contributed by atoms with van der Waals surface area (Å²) < 4.78 is 2.08. The van der Waals surface area contributed by atoms with E-state index in [0.29, 0.717) is 13.1 Å². The molecule has 2 aromatic carbocycles. The summed E-state index contributed by atoms with van der Waals surface area (Å²) >= 11 is 1.49. The van der Waals surface area contributed by atoms with Crippen LogP contribution in [0.15, 0.2) is 59.8 Å². The van der Waals surface area contributed by atoms with Gasteiger partial charge in [-0.1, -0.05) is 66.4 Å². The number of hydrogen-bond donors (Lipinski definition) is 0. The third-order valence-electron chi connectivity index (χ3n) is 5.16. The first-order chi connectivity index (χ1) is 13.6. The van der Waals surface area contributed by atoms with Crippen LogP contribution in [-0.4, -0.2) is 37.4 Å². The number of carbonyl (C=O) groups excluding carboxylic acids is 1. The lowest BCUT2D eigenvalue weighted by atomic mass is 10.00. The van der Waals surface area contributed by atoms with E-state index in [2.05, 4.69) is 45.1 Å². The summed E-state index contributed by atoms with van der Waals surface area (Å²) in [6, 6.07) is 18.6. The summed E-state index contributed by atoms with van der Waals surface area (Å²) in [6.07, 6.45) is 0.919. The molecule has 1 aromatic heterocycles. The Labute approximate surface area is 169 Å². The molecule has 0 saturated carbocycles. The number of rotatable bonds is 5. The van der Waals surface area contributed by atoms with Crippen molar-refractivity contribution in [2.45, 2.75) is 43.8 Å². The van der Waals surface area contributed by atoms with Crippen LogP contribution in [0.4, 0.5) is 0 Å². The van der Waals surface area contributed by atoms with Crippen molar-refractivity contribution in [3.63, 3.8) is 0 Å². The predicted octanol–water partition coefficient (Wildman–Crippen LogP) is 3.70. The Balaban J connectivity index is 1.45. The van der Waals surface area contributed by atoms with Gasteiger partial charge in [-0.15, -0.1) is 10.2 Å². The minimum absolute atomic E-state index is 0.159. The van der Waals surface area contributed by atoms with Crippen LogP contribution in [0, 0.1) is 6.92 Å². The molecule has 4 rings (SSSR count). The molecule has 0 spiro atoms. The van der Waals surface area contributed by atoms with Crippen LogP contribution < -0.4 is 0 Å². The molecule has 1 atom stereocenters. The molecule has 6 heteroatoms. The zero-order chi connectivity index (χ0) is 19.5. The second kappa shape index (κ2) is 8.19. The van der Waals surface area contributed by atoms with E-state index in [1.54, 1.807) is 0 Å². The number of aryl methyl sites for hydroxylation is 1. The topological polar surface area (TPSA) is 51.0 Å². The van der Waals surface area contributed by atoms with Crippen LogP contribution in [0.25, 0.3) is 0 Å². The number of aromatic nitrogens is 3. The van der Waals surface area contributed by atoms with E-state index in [1.807, 2.05) is 43.0 Å². The summed E-state index contributed by atoms with van der Waals surface area (Å²) in [5, 5.41) is 9.14. The van der Waals surface area contributed by atoms with Crippen LogP contribution in [-0.2, 0) is 24.3 Å². The first kappa shape index (κ1) is 18.7. The van der Waals surface area contributed by atoms with Crippen molar-refractivity contribution in [2.24, 2.45) is 0 Å². The molecule has 0 N–H and O–H groups in total. The highest BCUT2D eigenvalue weighted by molar-refractivity contribution is 8.00. The van der Waals surface area contributed by atoms with Crippen LogP contribution in [0.1, 0.15) is 29.4 Å². The molecule has 2 heterocycles. The minimum Gasteiger partial charge on any atom is -0.337 e. The average molecular weight is 393 g/mol. The maximum absolute atomic E-state index is 13.0. The number of thioether (sulfide) groups is 1. The molecule has 0 saturated heterocycles. The number of hydrogen-bond acceptors (Lipinski definition) is 4. The molecule has 0 fully saturated rings. The predicted molar refractivity (Wildman–Crippen MR) is 111 cm³/mol. The molecule has 1 aliphatic rings. The van der Waals surface area contributed by atoms with Crippen LogP contribution in [0.5, 0.6) is 0 Å². The Hall–Kier alpha value is -2.60. The lowest BCUT2D eigenvalue weighted by Gasteiger charge is -2.30. The SMILES string of the molecule is Cc1nnc(SC(C)C(=O)N2CCc3ccccc3C2)n1Cc1ccccc1. The number of benzene rings is 2. The zero-order valence-electron chi connectivity index (χ0n) is 16.2. The van der Waals surface area contributed by atoms with E-state index in [9.17, 15) is 4.79 Å². The molecule has 3 aromatic rings. The maximum atomic E-state index is 13.0. The van der Waals surface area contributed by atoms with E-state index in [0.717, 1.165) is 23.9 Å². The molecular formula is C22H24N4OS. The Morgan fingerprint density at radius 2 is 1.79 bits per heavy atom. The van der Waals surface area contributed by atoms with Crippen molar-refractivity contribution in [3.8, 4) is 0 Å². The largest absolute Gasteiger partial charge is 0.337 e. The normalized spacial score (nSPS) is 14.6. The average Bonchev–Trinajstić information content (AvgIpc) is 3.07. The highest BCUT2D eigenvalue weighted by Gasteiger charge is 2.26. The minimum atomic E-state index is -0.205. The van der Waals surface area contributed by atoms with Crippen molar-refractivity contribution < 1.29 is 4.79 Å². The van der Waals surface area contributed by atoms with Crippen molar-refractivity contribution in [1.82, 2.24) is 19.7 Å². The summed E-state index contributed by atoms with van der Waals surface area (Å²) in [4.78, 5) is 15.0. The third-order valence-corrected chi connectivity index (χ3v) is 6.23. The van der Waals surface area contributed by atoms with Crippen LogP contribution in [0.2, 0.25) is 0 Å². The summed E-state index contributed by atoms with van der Waals surface area (Å²) in [6.45, 7) is 6.09. The molecule has 144 valence electrons. The Morgan fingerprint density at radius 1 is 1.07 bits per heavy atom. The number of carbonyl (C=O) groups is 1. The molecule has 1 unspecified atom stereocenters. The monoisotopic (exact) mass is 392 g/mol. The van der Waals surface area contributed by atoms with E-state index >= 15 is 0 Å². The van der Waals surface area contributed by atoms with Gasteiger partial charge in [-0.25, -0.2) is 0 Å². The first-order valence-corrected chi connectivity index (χ1v) is 10.5. The molecular weight excluding hydrogens is 368 g/mol. The second-order valence-corrected chi connectivity index (χ2v) is 8.45. The fraction of sp³-hybridized carbons (Fsp3) is 0.318. The third kappa shape index (κ3) is 3.97. The lowest BCUT2D eigenvalue weighted by Crippen LogP contribution is -2.40. The summed E-state index contributed by atoms with van der Waals surface area (Å²) in [7, 11) is 0. The van der Waals surface area contributed by atoms with Gasteiger partial charge < -0.3 is 9.47 Å². The van der Waals surface area contributed by atoms with E-state index in [4.69, 9.17) is 0 Å². The molecule has 1 amide bonds. The quantitative estimate of drug-likeness (QED) is 0.621. The summed E-state index contributed by atoms with van der Waals surface area (Å²) in [5.74, 6) is 1.02. The van der Waals surface area contributed by atoms with E-state index in [1.165, 1.54) is 28.5 Å². The lowest BCUT2D eigenvalue weighted by molar-refractivity contribution is -0.131. The highest BCUT2D eigenvalue weighted by Crippen LogP contribution is 2.27. The van der Waals surface area contributed by atoms with E-state index < -0.39 is 0 Å². The molecule has 0 aliphatic carbocycles. The fourth-order valence-corrected chi connectivity index (χ4v) is 4.52. The molecule has 5 nitrogen and oxygen atoms in total. The standard InChI is InChI=1S/C22H24N4OS/c1-16(21(27)25-13-12-19-10-6-7-11-20(19)15-25)28-22-24-23-17(2)26(22)14-18-8-4-3-5-9-18/h3-11,16H,12-15H2,1-2H3. The van der Waals surface area contributed by atoms with Gasteiger partial charge in [0.05, 0.1) is 11.8 Å². The first-order valence-electron chi connectivity index (χ1n) is 9.58. The molecule has 28 heavy (non-hydrogen) atoms. The van der Waals surface area contributed by atoms with Gasteiger partial charge in [0, 0.05) is 13.1 Å². The van der Waals surface area contributed by atoms with Crippen molar-refractivity contribution in [3.05, 3.63) is 77.1 Å². The second-order valence-electron chi connectivity index (χ2n) is 7.14. The zero-order valence-corrected chi connectivity index (χ0v) is 17.0. The maximum Gasteiger partial charge on any atom is 0.236 e. The highest BCUT2D eigenvalue weighted by atomic mass is 32.2. The van der Waals surface area contributed by atoms with Crippen molar-refractivity contribution in [1.29, 1.82) is 0 Å². The van der Waals surface area contributed by atoms with Crippen LogP contribution >= 0.6 is 11.8 Å². The van der Waals surface area contributed by atoms with Gasteiger partial charge >= 0.3 is 0 Å². The Bertz CT molecular complexity index is 970. The van der Waals surface area contributed by atoms with Crippen molar-refractivity contribution in [2.75, 3.05) is 6.54 Å². The Morgan fingerprint density at radius 3 is 2.57 bits per heavy atom. The fourth-order valence-electron chi connectivity index (χ4n) is 3.55. The van der Waals surface area contributed by atoms with Crippen molar-refractivity contribution >= 4 is 17.7 Å². The number of amides is 1. The number of nitrogens with zero attached hydrogens (tertiary/aromatic N) is 4. The van der Waals surface area contributed by atoms with Gasteiger partial charge in [0.2, 0.25) is 5.91 Å². The summed E-state index contributed by atoms with van der Waals surface area (Å²) in [5.41, 5.74) is 3.80. The van der Waals surface area contributed by atoms with Gasteiger partial charge in [-0.3, -0.25) is 4.79 Å². The number of fused-ring (bicyclic) bond motifs is 1. The molecule has 1 aliphatic heterocycles. The van der Waals surface area contributed by atoms with Gasteiger partial charge in [-0.05, 0) is 37.0 Å². The van der Waals surface area contributed by atoms with Crippen LogP contribution in [0.3, 0.4) is 0 Å².